The van der Waals surface area contributed by atoms with Crippen molar-refractivity contribution in [2.75, 3.05) is 7.11 Å². The number of ether oxygens (including phenoxy) is 1. The van der Waals surface area contributed by atoms with Gasteiger partial charge in [0, 0.05) is 27.5 Å². The highest BCUT2D eigenvalue weighted by molar-refractivity contribution is 7.32. The summed E-state index contributed by atoms with van der Waals surface area (Å²) >= 11 is 0. The molecule has 0 atom stereocenters. The molecule has 0 radical (unpaired) electrons. The fraction of sp³-hybridized carbons (Fsp3) is 0.314. The number of aryl methyl sites for hydroxylation is 6. The lowest BCUT2D eigenvalue weighted by Crippen LogP contribution is -2.12. The molecule has 0 saturated heterocycles. The van der Waals surface area contributed by atoms with Gasteiger partial charge in [-0.3, -0.25) is 0 Å². The molecule has 1 N–H and O–H groups in total. The van der Waals surface area contributed by atoms with Crippen LogP contribution < -0.4 is 9.26 Å². The van der Waals surface area contributed by atoms with Gasteiger partial charge < -0.3 is 22.8 Å². The first-order valence-corrected chi connectivity index (χ1v) is 15.0. The van der Waals surface area contributed by atoms with Crippen LogP contribution in [0.3, 0.4) is 0 Å². The van der Waals surface area contributed by atoms with Crippen LogP contribution in [-0.4, -0.2) is 12.2 Å². The van der Waals surface area contributed by atoms with Crippen LogP contribution >= 0.6 is 8.24 Å². The average molecular weight is 571 g/mol. The van der Waals surface area contributed by atoms with Crippen molar-refractivity contribution in [2.24, 2.45) is 0 Å². The standard InChI is InChI=1S/C35H39O5P/c1-19-11-22(4)32-27(14-19)28-15-20(2)12-23(5)33(28)39-41(38-32)40-34-24(6)17-25(37-10)18-29(34)26-13-21(3)16-30(31(26)36)35(7,8)9/h11-18,36H,1-10H3. The smallest absolute Gasteiger partial charge is 0.453 e. The summed E-state index contributed by atoms with van der Waals surface area (Å²) in [6.45, 7) is 18.6. The summed E-state index contributed by atoms with van der Waals surface area (Å²) in [6.07, 6.45) is 0. The van der Waals surface area contributed by atoms with Gasteiger partial charge in [0.25, 0.3) is 0 Å². The number of aromatic hydroxyl groups is 1. The van der Waals surface area contributed by atoms with Gasteiger partial charge in [0.05, 0.1) is 7.11 Å². The number of fused-ring (bicyclic) bond motifs is 3. The highest BCUT2D eigenvalue weighted by Crippen LogP contribution is 2.48. The van der Waals surface area contributed by atoms with Crippen molar-refractivity contribution in [3.05, 3.63) is 87.5 Å². The Bertz CT molecular complexity index is 1790. The molecule has 0 aliphatic rings. The zero-order chi connectivity index (χ0) is 29.8. The van der Waals surface area contributed by atoms with Gasteiger partial charge in [-0.25, -0.2) is 0 Å². The van der Waals surface area contributed by atoms with Crippen molar-refractivity contribution < 1.29 is 22.8 Å². The summed E-state index contributed by atoms with van der Waals surface area (Å²) in [4.78, 5) is 0. The molecule has 6 heteroatoms. The Morgan fingerprint density at radius 2 is 1.20 bits per heavy atom. The fourth-order valence-electron chi connectivity index (χ4n) is 5.57. The molecule has 0 saturated carbocycles. The number of hydrogen-bond donors (Lipinski definition) is 1. The molecule has 41 heavy (non-hydrogen) atoms. The Morgan fingerprint density at radius 1 is 0.659 bits per heavy atom. The van der Waals surface area contributed by atoms with Crippen molar-refractivity contribution >= 4 is 30.2 Å². The van der Waals surface area contributed by atoms with E-state index in [0.29, 0.717) is 22.6 Å². The zero-order valence-corrected chi connectivity index (χ0v) is 26.5. The number of benzene rings is 4. The molecule has 4 aromatic carbocycles. The quantitative estimate of drug-likeness (QED) is 0.233. The second-order valence-electron chi connectivity index (χ2n) is 12.2. The van der Waals surface area contributed by atoms with E-state index in [1.165, 1.54) is 0 Å². The van der Waals surface area contributed by atoms with Gasteiger partial charge in [0.15, 0.2) is 0 Å². The Labute approximate surface area is 243 Å². The monoisotopic (exact) mass is 570 g/mol. The van der Waals surface area contributed by atoms with E-state index >= 15 is 0 Å². The van der Waals surface area contributed by atoms with Crippen LogP contribution in [0, 0.1) is 41.5 Å². The van der Waals surface area contributed by atoms with Crippen LogP contribution in [-0.2, 0) is 5.41 Å². The lowest BCUT2D eigenvalue weighted by Gasteiger charge is -2.24. The first-order valence-electron chi connectivity index (χ1n) is 13.9. The zero-order valence-electron chi connectivity index (χ0n) is 25.6. The third-order valence-electron chi connectivity index (χ3n) is 7.46. The second kappa shape index (κ2) is 10.5. The van der Waals surface area contributed by atoms with Gasteiger partial charge >= 0.3 is 8.24 Å². The van der Waals surface area contributed by atoms with Crippen LogP contribution in [0.2, 0.25) is 0 Å². The maximum absolute atomic E-state index is 11.6. The second-order valence-corrected chi connectivity index (χ2v) is 13.2. The lowest BCUT2D eigenvalue weighted by atomic mass is 9.83. The van der Waals surface area contributed by atoms with E-state index in [1.54, 1.807) is 7.11 Å². The number of phenolic OH excluding ortho intramolecular Hbond substituents is 1. The molecule has 0 unspecified atom stereocenters. The molecule has 0 bridgehead atoms. The summed E-state index contributed by atoms with van der Waals surface area (Å²) in [5.41, 5.74) is 9.75. The predicted molar refractivity (Wildman–Crippen MR) is 170 cm³/mol. The molecule has 214 valence electrons. The number of phenols is 1. The molecular weight excluding hydrogens is 531 g/mol. The van der Waals surface area contributed by atoms with Crippen LogP contribution in [0.4, 0.5) is 0 Å². The maximum Gasteiger partial charge on any atom is 0.453 e. The van der Waals surface area contributed by atoms with E-state index in [1.807, 2.05) is 38.1 Å². The summed E-state index contributed by atoms with van der Waals surface area (Å²) in [7, 11) is -0.267. The maximum atomic E-state index is 11.6. The molecule has 1 heterocycles. The Morgan fingerprint density at radius 3 is 1.71 bits per heavy atom. The van der Waals surface area contributed by atoms with Gasteiger partial charge in [-0.1, -0.05) is 39.0 Å². The van der Waals surface area contributed by atoms with E-state index < -0.39 is 8.24 Å². The summed E-state index contributed by atoms with van der Waals surface area (Å²) in [5.74, 6) is 1.48. The largest absolute Gasteiger partial charge is 0.507 e. The van der Waals surface area contributed by atoms with Crippen molar-refractivity contribution in [1.82, 2.24) is 0 Å². The number of hydrogen-bond acceptors (Lipinski definition) is 5. The molecule has 0 aliphatic heterocycles. The fourth-order valence-corrected chi connectivity index (χ4v) is 6.85. The molecule has 5 aromatic rings. The van der Waals surface area contributed by atoms with Crippen molar-refractivity contribution in [2.45, 2.75) is 67.7 Å². The van der Waals surface area contributed by atoms with Crippen LogP contribution in [0.5, 0.6) is 17.2 Å². The number of methoxy groups -OCH3 is 1. The molecule has 0 aliphatic carbocycles. The molecule has 0 amide bonds. The normalized spacial score (nSPS) is 11.8. The number of rotatable bonds is 4. The first-order chi connectivity index (χ1) is 19.3. The van der Waals surface area contributed by atoms with Crippen LogP contribution in [0.25, 0.3) is 33.1 Å². The third-order valence-corrected chi connectivity index (χ3v) is 8.46. The minimum absolute atomic E-state index is 0.226. The molecule has 5 nitrogen and oxygen atoms in total. The van der Waals surface area contributed by atoms with Gasteiger partial charge in [-0.2, -0.15) is 0 Å². The van der Waals surface area contributed by atoms with E-state index in [2.05, 4.69) is 72.7 Å². The summed E-state index contributed by atoms with van der Waals surface area (Å²) in [5, 5.41) is 13.6. The molecule has 0 spiro atoms. The van der Waals surface area contributed by atoms with Gasteiger partial charge in [0.1, 0.15) is 28.4 Å². The minimum atomic E-state index is -1.91. The highest BCUT2D eigenvalue weighted by atomic mass is 31.1. The summed E-state index contributed by atoms with van der Waals surface area (Å²) < 4.78 is 25.5. The van der Waals surface area contributed by atoms with Gasteiger partial charge in [0.2, 0.25) is 0 Å². The van der Waals surface area contributed by atoms with Crippen molar-refractivity contribution in [1.29, 1.82) is 0 Å². The summed E-state index contributed by atoms with van der Waals surface area (Å²) in [6, 6.07) is 16.4. The third kappa shape index (κ3) is 5.44. The van der Waals surface area contributed by atoms with Gasteiger partial charge in [-0.15, -0.1) is 0 Å². The van der Waals surface area contributed by atoms with Crippen molar-refractivity contribution in [3.8, 4) is 28.4 Å². The SMILES string of the molecule is COc1cc(C)c(Op2oc3c(C)cc(C)cc3c3cc(C)cc(C)c3o2)c(-c2cc(C)cc(C(C)(C)C)c2O)c1. The first kappa shape index (κ1) is 28.7. The molecule has 5 rings (SSSR count). The van der Waals surface area contributed by atoms with Crippen molar-refractivity contribution in [3.63, 3.8) is 0 Å². The Kier molecular flexibility index (Phi) is 7.38. The van der Waals surface area contributed by atoms with Crippen LogP contribution in [0.1, 0.15) is 59.7 Å². The Hall–Kier alpha value is -3.82. The van der Waals surface area contributed by atoms with Gasteiger partial charge in [-0.05, 0) is 111 Å². The molecular formula is C35H39O5P. The van der Waals surface area contributed by atoms with Crippen LogP contribution in [0.15, 0.2) is 56.9 Å². The Balaban J connectivity index is 1.83. The molecule has 0 fully saturated rings. The minimum Gasteiger partial charge on any atom is -0.507 e. The topological polar surface area (TPSA) is 65.0 Å². The van der Waals surface area contributed by atoms with E-state index in [9.17, 15) is 5.11 Å². The van der Waals surface area contributed by atoms with E-state index in [0.717, 1.165) is 60.9 Å². The highest BCUT2D eigenvalue weighted by Gasteiger charge is 2.25. The van der Waals surface area contributed by atoms with E-state index in [-0.39, 0.29) is 11.2 Å². The van der Waals surface area contributed by atoms with E-state index in [4.69, 9.17) is 17.7 Å². The molecule has 1 aromatic heterocycles. The lowest BCUT2D eigenvalue weighted by molar-refractivity contribution is 0.413. The average Bonchev–Trinajstić information content (AvgIpc) is 3.03. The predicted octanol–water partition coefficient (Wildman–Crippen LogP) is 10.7.